The SMILES string of the molecule is CC(NC(=O)C(NC(=O)c1ccccc1F)C(C)C)c1ccncc1. The van der Waals surface area contributed by atoms with Crippen LogP contribution >= 0.6 is 0 Å². The van der Waals surface area contributed by atoms with Crippen molar-refractivity contribution in [2.75, 3.05) is 0 Å². The number of amides is 2. The number of carbonyl (C=O) groups excluding carboxylic acids is 2. The molecule has 2 rings (SSSR count). The Morgan fingerprint density at radius 1 is 1.00 bits per heavy atom. The molecule has 6 heteroatoms. The predicted molar refractivity (Wildman–Crippen MR) is 93.3 cm³/mol. The molecule has 1 aromatic heterocycles. The van der Waals surface area contributed by atoms with Crippen molar-refractivity contribution in [2.24, 2.45) is 5.92 Å². The molecule has 25 heavy (non-hydrogen) atoms. The van der Waals surface area contributed by atoms with E-state index >= 15 is 0 Å². The van der Waals surface area contributed by atoms with Gasteiger partial charge in [-0.25, -0.2) is 4.39 Å². The minimum absolute atomic E-state index is 0.0804. The third kappa shape index (κ3) is 4.86. The van der Waals surface area contributed by atoms with E-state index in [2.05, 4.69) is 15.6 Å². The first-order chi connectivity index (χ1) is 11.9. The minimum Gasteiger partial charge on any atom is -0.348 e. The van der Waals surface area contributed by atoms with Crippen LogP contribution in [-0.4, -0.2) is 22.8 Å². The smallest absolute Gasteiger partial charge is 0.254 e. The number of benzene rings is 1. The van der Waals surface area contributed by atoms with Crippen LogP contribution in [0.3, 0.4) is 0 Å². The summed E-state index contributed by atoms with van der Waals surface area (Å²) in [6, 6.07) is 8.31. The van der Waals surface area contributed by atoms with E-state index in [-0.39, 0.29) is 23.4 Å². The van der Waals surface area contributed by atoms with Crippen molar-refractivity contribution in [3.63, 3.8) is 0 Å². The largest absolute Gasteiger partial charge is 0.348 e. The zero-order valence-electron chi connectivity index (χ0n) is 14.5. The van der Waals surface area contributed by atoms with Crippen LogP contribution in [0, 0.1) is 11.7 Å². The van der Waals surface area contributed by atoms with E-state index in [1.165, 1.54) is 18.2 Å². The Kier molecular flexibility index (Phi) is 6.22. The Labute approximate surface area is 146 Å². The summed E-state index contributed by atoms with van der Waals surface area (Å²) in [4.78, 5) is 28.8. The Balaban J connectivity index is 2.08. The lowest BCUT2D eigenvalue weighted by molar-refractivity contribution is -0.124. The molecule has 0 aliphatic carbocycles. The fraction of sp³-hybridized carbons (Fsp3) is 0.316. The number of halogens is 1. The van der Waals surface area contributed by atoms with E-state index in [9.17, 15) is 14.0 Å². The summed E-state index contributed by atoms with van der Waals surface area (Å²) in [5, 5.41) is 5.50. The second kappa shape index (κ2) is 8.37. The summed E-state index contributed by atoms with van der Waals surface area (Å²) >= 11 is 0. The van der Waals surface area contributed by atoms with E-state index in [1.807, 2.05) is 32.9 Å². The third-order valence-corrected chi connectivity index (χ3v) is 3.92. The van der Waals surface area contributed by atoms with Crippen LogP contribution in [0.5, 0.6) is 0 Å². The number of hydrogen-bond donors (Lipinski definition) is 2. The highest BCUT2D eigenvalue weighted by Gasteiger charge is 2.26. The van der Waals surface area contributed by atoms with Crippen LogP contribution in [0.2, 0.25) is 0 Å². The van der Waals surface area contributed by atoms with Crippen molar-refractivity contribution in [3.8, 4) is 0 Å². The average Bonchev–Trinajstić information content (AvgIpc) is 2.60. The molecule has 1 aromatic carbocycles. The van der Waals surface area contributed by atoms with Gasteiger partial charge >= 0.3 is 0 Å². The van der Waals surface area contributed by atoms with E-state index in [1.54, 1.807) is 18.5 Å². The van der Waals surface area contributed by atoms with E-state index in [0.29, 0.717) is 0 Å². The van der Waals surface area contributed by atoms with E-state index in [0.717, 1.165) is 5.56 Å². The molecular formula is C19H22FN3O2. The molecule has 0 aliphatic rings. The first kappa shape index (κ1) is 18.6. The first-order valence-corrected chi connectivity index (χ1v) is 8.16. The molecule has 2 N–H and O–H groups in total. The Hall–Kier alpha value is -2.76. The van der Waals surface area contributed by atoms with Gasteiger partial charge in [-0.15, -0.1) is 0 Å². The van der Waals surface area contributed by atoms with Gasteiger partial charge in [0, 0.05) is 12.4 Å². The van der Waals surface area contributed by atoms with Gasteiger partial charge in [-0.1, -0.05) is 26.0 Å². The Morgan fingerprint density at radius 2 is 1.64 bits per heavy atom. The summed E-state index contributed by atoms with van der Waals surface area (Å²) in [6.45, 7) is 5.50. The zero-order chi connectivity index (χ0) is 18.4. The molecule has 0 aliphatic heterocycles. The molecule has 0 bridgehead atoms. The lowest BCUT2D eigenvalue weighted by Gasteiger charge is -2.24. The molecular weight excluding hydrogens is 321 g/mol. The summed E-state index contributed by atoms with van der Waals surface area (Å²) in [6.07, 6.45) is 3.30. The van der Waals surface area contributed by atoms with Crippen LogP contribution < -0.4 is 10.6 Å². The van der Waals surface area contributed by atoms with Crippen molar-refractivity contribution < 1.29 is 14.0 Å². The highest BCUT2D eigenvalue weighted by molar-refractivity contribution is 5.97. The molecule has 2 atom stereocenters. The van der Waals surface area contributed by atoms with Crippen LogP contribution in [-0.2, 0) is 4.79 Å². The van der Waals surface area contributed by atoms with Crippen molar-refractivity contribution in [3.05, 3.63) is 65.7 Å². The number of aromatic nitrogens is 1. The fourth-order valence-electron chi connectivity index (χ4n) is 2.44. The number of carbonyl (C=O) groups is 2. The van der Waals surface area contributed by atoms with Crippen LogP contribution in [0.4, 0.5) is 4.39 Å². The first-order valence-electron chi connectivity index (χ1n) is 8.16. The number of nitrogens with zero attached hydrogens (tertiary/aromatic N) is 1. The monoisotopic (exact) mass is 343 g/mol. The predicted octanol–water partition coefficient (Wildman–Crippen LogP) is 2.85. The van der Waals surface area contributed by atoms with Gasteiger partial charge in [-0.3, -0.25) is 14.6 Å². The van der Waals surface area contributed by atoms with Crippen LogP contribution in [0.25, 0.3) is 0 Å². The molecule has 0 saturated carbocycles. The fourth-order valence-corrected chi connectivity index (χ4v) is 2.44. The van der Waals surface area contributed by atoms with Gasteiger partial charge in [0.1, 0.15) is 11.9 Å². The van der Waals surface area contributed by atoms with Crippen molar-refractivity contribution in [1.82, 2.24) is 15.6 Å². The van der Waals surface area contributed by atoms with Crippen molar-refractivity contribution in [1.29, 1.82) is 0 Å². The summed E-state index contributed by atoms with van der Waals surface area (Å²) < 4.78 is 13.8. The van der Waals surface area contributed by atoms with Gasteiger partial charge in [0.2, 0.25) is 5.91 Å². The van der Waals surface area contributed by atoms with Gasteiger partial charge < -0.3 is 10.6 Å². The zero-order valence-corrected chi connectivity index (χ0v) is 14.5. The minimum atomic E-state index is -0.767. The second-order valence-corrected chi connectivity index (χ2v) is 6.19. The van der Waals surface area contributed by atoms with Gasteiger partial charge in [-0.2, -0.15) is 0 Å². The number of pyridine rings is 1. The van der Waals surface area contributed by atoms with Crippen molar-refractivity contribution >= 4 is 11.8 Å². The van der Waals surface area contributed by atoms with E-state index in [4.69, 9.17) is 0 Å². The van der Waals surface area contributed by atoms with Crippen molar-refractivity contribution in [2.45, 2.75) is 32.9 Å². The second-order valence-electron chi connectivity index (χ2n) is 6.19. The summed E-state index contributed by atoms with van der Waals surface area (Å²) in [5.41, 5.74) is 0.828. The summed E-state index contributed by atoms with van der Waals surface area (Å²) in [7, 11) is 0. The normalized spacial score (nSPS) is 13.2. The average molecular weight is 343 g/mol. The maximum absolute atomic E-state index is 13.8. The van der Waals surface area contributed by atoms with E-state index < -0.39 is 17.8 Å². The maximum atomic E-state index is 13.8. The number of rotatable bonds is 6. The molecule has 2 amide bonds. The topological polar surface area (TPSA) is 71.1 Å². The summed E-state index contributed by atoms with van der Waals surface area (Å²) in [5.74, 6) is -1.69. The molecule has 0 fully saturated rings. The third-order valence-electron chi connectivity index (χ3n) is 3.92. The quantitative estimate of drug-likeness (QED) is 0.847. The number of hydrogen-bond acceptors (Lipinski definition) is 3. The lowest BCUT2D eigenvalue weighted by Crippen LogP contribution is -2.50. The highest BCUT2D eigenvalue weighted by Crippen LogP contribution is 2.13. The Bertz CT molecular complexity index is 734. The molecule has 0 saturated heterocycles. The van der Waals surface area contributed by atoms with Gasteiger partial charge in [-0.05, 0) is 42.7 Å². The molecule has 1 heterocycles. The highest BCUT2D eigenvalue weighted by atomic mass is 19.1. The van der Waals surface area contributed by atoms with Gasteiger partial charge in [0.05, 0.1) is 11.6 Å². The molecule has 0 spiro atoms. The molecule has 5 nitrogen and oxygen atoms in total. The molecule has 2 aromatic rings. The molecule has 132 valence electrons. The van der Waals surface area contributed by atoms with Gasteiger partial charge in [0.25, 0.3) is 5.91 Å². The van der Waals surface area contributed by atoms with Crippen LogP contribution in [0.1, 0.15) is 42.7 Å². The standard InChI is InChI=1S/C19H22FN3O2/c1-12(2)17(23-18(24)15-6-4-5-7-16(15)20)19(25)22-13(3)14-8-10-21-11-9-14/h4-13,17H,1-3H3,(H,22,25)(H,23,24). The van der Waals surface area contributed by atoms with Crippen LogP contribution in [0.15, 0.2) is 48.8 Å². The van der Waals surface area contributed by atoms with Gasteiger partial charge in [0.15, 0.2) is 0 Å². The molecule has 2 unspecified atom stereocenters. The maximum Gasteiger partial charge on any atom is 0.254 e. The lowest BCUT2D eigenvalue weighted by atomic mass is 10.0. The number of nitrogens with one attached hydrogen (secondary N) is 2. The Morgan fingerprint density at radius 3 is 2.24 bits per heavy atom. The molecule has 0 radical (unpaired) electrons.